The fourth-order valence-electron chi connectivity index (χ4n) is 0.970. The average Bonchev–Trinajstić information content (AvgIpc) is 2.25. The van der Waals surface area contributed by atoms with Crippen LogP contribution in [0.15, 0.2) is 12.8 Å². The molecular formula is C10H14N2O4. The maximum Gasteiger partial charge on any atom is 0.341 e. The summed E-state index contributed by atoms with van der Waals surface area (Å²) in [5.41, 5.74) is 0. The number of carbonyl (C=O) groups excluding carboxylic acids is 2. The van der Waals surface area contributed by atoms with Crippen LogP contribution >= 0.6 is 0 Å². The molecule has 0 aromatic carbocycles. The molecule has 88 valence electrons. The Hall–Kier alpha value is -2.03. The molecule has 0 aliphatic carbocycles. The van der Waals surface area contributed by atoms with Crippen LogP contribution in [-0.4, -0.2) is 36.1 Å². The van der Waals surface area contributed by atoms with E-state index in [1.54, 1.807) is 20.0 Å². The van der Waals surface area contributed by atoms with Crippen molar-refractivity contribution in [2.75, 3.05) is 13.2 Å². The van der Waals surface area contributed by atoms with Crippen LogP contribution in [0, 0.1) is 11.5 Å². The zero-order chi connectivity index (χ0) is 12.6. The summed E-state index contributed by atoms with van der Waals surface area (Å²) in [6.07, 6.45) is 2.71. The standard InChI is InChI=1S/C10H14N2O4/c1-4-12(7-11)8(9(13)15-5-2)10(14)16-6-3/h4,8H,1,5-6H2,2-3H3. The quantitative estimate of drug-likeness (QED) is 0.282. The lowest BCUT2D eigenvalue weighted by Gasteiger charge is -2.19. The van der Waals surface area contributed by atoms with Gasteiger partial charge in [0.1, 0.15) is 0 Å². The van der Waals surface area contributed by atoms with E-state index in [0.29, 0.717) is 0 Å². The fraction of sp³-hybridized carbons (Fsp3) is 0.500. The largest absolute Gasteiger partial charge is 0.464 e. The molecule has 0 fully saturated rings. The number of esters is 2. The Morgan fingerprint density at radius 1 is 1.38 bits per heavy atom. The minimum Gasteiger partial charge on any atom is -0.464 e. The Morgan fingerprint density at radius 3 is 2.06 bits per heavy atom. The van der Waals surface area contributed by atoms with E-state index < -0.39 is 18.0 Å². The molecule has 0 amide bonds. The predicted octanol–water partition coefficient (Wildman–Crippen LogP) is 0.408. The van der Waals surface area contributed by atoms with Crippen LogP contribution in [-0.2, 0) is 19.1 Å². The average molecular weight is 226 g/mol. The summed E-state index contributed by atoms with van der Waals surface area (Å²) in [6, 6.07) is -1.41. The first-order valence-electron chi connectivity index (χ1n) is 4.76. The fourth-order valence-corrected chi connectivity index (χ4v) is 0.970. The smallest absolute Gasteiger partial charge is 0.341 e. The van der Waals surface area contributed by atoms with Gasteiger partial charge in [-0.1, -0.05) is 6.58 Å². The van der Waals surface area contributed by atoms with Crippen LogP contribution in [0.4, 0.5) is 0 Å². The molecule has 16 heavy (non-hydrogen) atoms. The van der Waals surface area contributed by atoms with Crippen LogP contribution in [0.2, 0.25) is 0 Å². The second-order valence-electron chi connectivity index (χ2n) is 2.60. The second-order valence-corrected chi connectivity index (χ2v) is 2.60. The molecule has 0 N–H and O–H groups in total. The molecule has 6 nitrogen and oxygen atoms in total. The highest BCUT2D eigenvalue weighted by Crippen LogP contribution is 2.04. The van der Waals surface area contributed by atoms with Crippen molar-refractivity contribution in [2.24, 2.45) is 0 Å². The molecule has 0 saturated carbocycles. The van der Waals surface area contributed by atoms with Crippen LogP contribution in [0.3, 0.4) is 0 Å². The van der Waals surface area contributed by atoms with E-state index in [0.717, 1.165) is 11.1 Å². The molecule has 0 unspecified atom stereocenters. The third-order valence-electron chi connectivity index (χ3n) is 1.61. The molecule has 0 aromatic rings. The molecule has 0 heterocycles. The lowest BCUT2D eigenvalue weighted by atomic mass is 10.3. The van der Waals surface area contributed by atoms with Gasteiger partial charge in [-0.25, -0.2) is 9.59 Å². The molecule has 0 saturated heterocycles. The predicted molar refractivity (Wildman–Crippen MR) is 54.7 cm³/mol. The van der Waals surface area contributed by atoms with Gasteiger partial charge >= 0.3 is 11.9 Å². The molecular weight excluding hydrogens is 212 g/mol. The molecule has 0 atom stereocenters. The Labute approximate surface area is 94.0 Å². The summed E-state index contributed by atoms with van der Waals surface area (Å²) < 4.78 is 9.35. The van der Waals surface area contributed by atoms with E-state index in [-0.39, 0.29) is 13.2 Å². The molecule has 0 rings (SSSR count). The van der Waals surface area contributed by atoms with E-state index in [4.69, 9.17) is 5.26 Å². The van der Waals surface area contributed by atoms with Crippen LogP contribution in [0.25, 0.3) is 0 Å². The number of nitrogens with zero attached hydrogens (tertiary/aromatic N) is 2. The second kappa shape index (κ2) is 7.29. The van der Waals surface area contributed by atoms with Gasteiger partial charge in [0.2, 0.25) is 6.04 Å². The van der Waals surface area contributed by atoms with E-state index in [1.807, 2.05) is 0 Å². The first-order valence-corrected chi connectivity index (χ1v) is 4.76. The molecule has 6 heteroatoms. The number of nitriles is 1. The summed E-state index contributed by atoms with van der Waals surface area (Å²) in [5, 5.41) is 8.72. The van der Waals surface area contributed by atoms with Gasteiger partial charge in [0, 0.05) is 6.20 Å². The summed E-state index contributed by atoms with van der Waals surface area (Å²) in [6.45, 7) is 6.76. The number of hydrogen-bond acceptors (Lipinski definition) is 6. The van der Waals surface area contributed by atoms with Crippen molar-refractivity contribution in [3.05, 3.63) is 12.8 Å². The third kappa shape index (κ3) is 3.61. The van der Waals surface area contributed by atoms with Crippen molar-refractivity contribution in [2.45, 2.75) is 19.9 Å². The Morgan fingerprint density at radius 2 is 1.81 bits per heavy atom. The maximum atomic E-state index is 11.5. The highest BCUT2D eigenvalue weighted by Gasteiger charge is 2.34. The number of ether oxygens (including phenoxy) is 2. The Balaban J connectivity index is 4.89. The van der Waals surface area contributed by atoms with E-state index >= 15 is 0 Å². The first kappa shape index (κ1) is 14.0. The van der Waals surface area contributed by atoms with Gasteiger partial charge in [-0.2, -0.15) is 5.26 Å². The van der Waals surface area contributed by atoms with E-state index in [9.17, 15) is 9.59 Å². The van der Waals surface area contributed by atoms with Gasteiger partial charge < -0.3 is 9.47 Å². The van der Waals surface area contributed by atoms with E-state index in [1.165, 1.54) is 0 Å². The molecule has 0 aliphatic rings. The highest BCUT2D eigenvalue weighted by atomic mass is 16.6. The van der Waals surface area contributed by atoms with E-state index in [2.05, 4.69) is 16.1 Å². The highest BCUT2D eigenvalue weighted by molar-refractivity contribution is 5.99. The summed E-state index contributed by atoms with van der Waals surface area (Å²) in [4.78, 5) is 23.7. The lowest BCUT2D eigenvalue weighted by Crippen LogP contribution is -2.43. The van der Waals surface area contributed by atoms with Gasteiger partial charge in [0.15, 0.2) is 6.19 Å². The molecule has 0 spiro atoms. The Bertz CT molecular complexity index is 290. The molecule has 0 bridgehead atoms. The zero-order valence-electron chi connectivity index (χ0n) is 9.30. The maximum absolute atomic E-state index is 11.5. The van der Waals surface area contributed by atoms with Gasteiger partial charge in [-0.3, -0.25) is 4.90 Å². The number of carbonyl (C=O) groups is 2. The summed E-state index contributed by atoms with van der Waals surface area (Å²) in [7, 11) is 0. The van der Waals surface area contributed by atoms with Crippen molar-refractivity contribution in [1.29, 1.82) is 5.26 Å². The van der Waals surface area contributed by atoms with Crippen LogP contribution in [0.1, 0.15) is 13.8 Å². The SMILES string of the molecule is C=CN(C#N)C(C(=O)OCC)C(=O)OCC. The molecule has 0 radical (unpaired) electrons. The number of rotatable bonds is 6. The van der Waals surface area contributed by atoms with Crippen molar-refractivity contribution >= 4 is 11.9 Å². The van der Waals surface area contributed by atoms with Gasteiger partial charge in [0.25, 0.3) is 0 Å². The normalized spacial score (nSPS) is 9.12. The van der Waals surface area contributed by atoms with Crippen molar-refractivity contribution < 1.29 is 19.1 Å². The minimum atomic E-state index is -1.41. The third-order valence-corrected chi connectivity index (χ3v) is 1.61. The molecule has 0 aliphatic heterocycles. The lowest BCUT2D eigenvalue weighted by molar-refractivity contribution is -0.160. The monoisotopic (exact) mass is 226 g/mol. The van der Waals surface area contributed by atoms with Gasteiger partial charge in [0.05, 0.1) is 13.2 Å². The zero-order valence-corrected chi connectivity index (χ0v) is 9.30. The first-order chi connectivity index (χ1) is 7.62. The van der Waals surface area contributed by atoms with Crippen LogP contribution < -0.4 is 0 Å². The van der Waals surface area contributed by atoms with Crippen molar-refractivity contribution in [3.8, 4) is 6.19 Å². The minimum absolute atomic E-state index is 0.116. The van der Waals surface area contributed by atoms with Gasteiger partial charge in [-0.15, -0.1) is 0 Å². The summed E-state index contributed by atoms with van der Waals surface area (Å²) >= 11 is 0. The molecule has 0 aromatic heterocycles. The topological polar surface area (TPSA) is 79.6 Å². The summed E-state index contributed by atoms with van der Waals surface area (Å²) in [5.74, 6) is -1.66. The van der Waals surface area contributed by atoms with Crippen LogP contribution in [0.5, 0.6) is 0 Å². The number of hydrogen-bond donors (Lipinski definition) is 0. The van der Waals surface area contributed by atoms with Crippen molar-refractivity contribution in [1.82, 2.24) is 4.90 Å². The van der Waals surface area contributed by atoms with Gasteiger partial charge in [-0.05, 0) is 13.8 Å². The van der Waals surface area contributed by atoms with Crippen molar-refractivity contribution in [3.63, 3.8) is 0 Å². The Kier molecular flexibility index (Phi) is 6.36.